The maximum absolute atomic E-state index is 13.7. The van der Waals surface area contributed by atoms with Gasteiger partial charge in [0.25, 0.3) is 0 Å². The molecule has 0 unspecified atom stereocenters. The zero-order chi connectivity index (χ0) is 34.4. The Hall–Kier alpha value is -3.44. The highest BCUT2D eigenvalue weighted by molar-refractivity contribution is 7.98. The second-order valence-electron chi connectivity index (χ2n) is 13.4. The summed E-state index contributed by atoms with van der Waals surface area (Å²) < 4.78 is 0. The molecule has 0 heterocycles. The Morgan fingerprint density at radius 1 is 0.830 bits per heavy atom. The summed E-state index contributed by atoms with van der Waals surface area (Å²) in [5.74, 6) is 0.0687. The number of carbonyl (C=O) groups is 3. The molecule has 47 heavy (non-hydrogen) atoms. The highest BCUT2D eigenvalue weighted by Crippen LogP contribution is 2.17. The minimum absolute atomic E-state index is 0.191. The molecule has 0 aromatic heterocycles. The third kappa shape index (κ3) is 12.9. The Bertz CT molecular complexity index is 1430. The van der Waals surface area contributed by atoms with E-state index in [2.05, 4.69) is 51.6 Å². The van der Waals surface area contributed by atoms with Crippen LogP contribution >= 0.6 is 11.8 Å². The first-order chi connectivity index (χ1) is 22.4. The van der Waals surface area contributed by atoms with Gasteiger partial charge < -0.3 is 32.7 Å². The number of rotatable bonds is 20. The van der Waals surface area contributed by atoms with Crippen molar-refractivity contribution in [2.45, 2.75) is 83.1 Å². The van der Waals surface area contributed by atoms with Gasteiger partial charge in [-0.2, -0.15) is 11.8 Å². The van der Waals surface area contributed by atoms with Crippen molar-refractivity contribution in [2.24, 2.45) is 17.4 Å². The molecule has 0 aliphatic carbocycles. The molecular weight excluding hydrogens is 609 g/mol. The molecule has 8 N–H and O–H groups in total. The summed E-state index contributed by atoms with van der Waals surface area (Å²) in [4.78, 5) is 39.3. The minimum atomic E-state index is -1.19. The van der Waals surface area contributed by atoms with Gasteiger partial charge in [-0.3, -0.25) is 14.4 Å². The first kappa shape index (κ1) is 38.0. The van der Waals surface area contributed by atoms with Gasteiger partial charge in [0.1, 0.15) is 5.54 Å². The molecule has 0 bridgehead atoms. The van der Waals surface area contributed by atoms with E-state index in [1.54, 1.807) is 25.6 Å². The number of hydrogen-bond acceptors (Lipinski definition) is 7. The Kier molecular flexibility index (Phi) is 15.2. The molecule has 0 radical (unpaired) electrons. The Balaban J connectivity index is 1.63. The number of hydrogen-bond donors (Lipinski definition) is 6. The molecule has 3 aromatic rings. The number of primary amides is 1. The van der Waals surface area contributed by atoms with Crippen molar-refractivity contribution < 1.29 is 14.4 Å². The van der Waals surface area contributed by atoms with E-state index in [1.165, 1.54) is 10.8 Å². The normalized spacial score (nSPS) is 14.4. The van der Waals surface area contributed by atoms with Crippen LogP contribution in [0.3, 0.4) is 0 Å². The molecule has 0 saturated carbocycles. The van der Waals surface area contributed by atoms with E-state index in [0.29, 0.717) is 38.8 Å². The van der Waals surface area contributed by atoms with E-state index in [4.69, 9.17) is 11.5 Å². The number of amides is 3. The Morgan fingerprint density at radius 2 is 1.49 bits per heavy atom. The minimum Gasteiger partial charge on any atom is -0.368 e. The lowest BCUT2D eigenvalue weighted by atomic mass is 9.99. The van der Waals surface area contributed by atoms with E-state index in [1.807, 2.05) is 62.6 Å². The summed E-state index contributed by atoms with van der Waals surface area (Å²) in [6, 6.07) is 22.9. The first-order valence-electron chi connectivity index (χ1n) is 16.5. The number of carbonyl (C=O) groups excluding carboxylic acids is 3. The number of nitrogens with two attached hydrogens (primary N) is 2. The van der Waals surface area contributed by atoms with Gasteiger partial charge in [0.2, 0.25) is 17.7 Å². The lowest BCUT2D eigenvalue weighted by Crippen LogP contribution is -2.61. The SMILES string of the molecule is CSCC[C@H](NC[C@@H](N)Cc1ccc2ccccc2c1)C(=O)NC(C)(C)C(=O)N[C@H](CN[C@@H](CC(C)C)C(N)=O)Cc1ccccc1. The predicted molar refractivity (Wildman–Crippen MR) is 195 cm³/mol. The van der Waals surface area contributed by atoms with E-state index in [9.17, 15) is 14.4 Å². The van der Waals surface area contributed by atoms with Crippen LogP contribution in [0.2, 0.25) is 0 Å². The fourth-order valence-corrected chi connectivity index (χ4v) is 6.01. The molecule has 0 saturated heterocycles. The maximum atomic E-state index is 13.7. The molecule has 9 nitrogen and oxygen atoms in total. The van der Waals surface area contributed by atoms with Crippen LogP contribution in [0.5, 0.6) is 0 Å². The van der Waals surface area contributed by atoms with Gasteiger partial charge in [-0.25, -0.2) is 0 Å². The fourth-order valence-electron chi connectivity index (χ4n) is 5.54. The highest BCUT2D eigenvalue weighted by atomic mass is 32.2. The molecule has 0 aliphatic rings. The standard InChI is InChI=1S/C37H54N6O3S/c1-25(2)19-33(34(39)44)41-24-31(22-26-11-7-6-8-12-26)42-36(46)37(3,4)43-35(45)32(17-18-47-5)40-23-30(38)21-27-15-16-28-13-9-10-14-29(28)20-27/h6-16,20,25,30-33,40-41H,17-19,21-24,38H2,1-5H3,(H2,39,44)(H,42,46)(H,43,45)/t30-,31-,32-,33-/m0/s1. The first-order valence-corrected chi connectivity index (χ1v) is 17.9. The van der Waals surface area contributed by atoms with Crippen LogP contribution in [0, 0.1) is 5.92 Å². The monoisotopic (exact) mass is 662 g/mol. The van der Waals surface area contributed by atoms with Crippen LogP contribution in [0.25, 0.3) is 10.8 Å². The molecule has 3 amide bonds. The van der Waals surface area contributed by atoms with Gasteiger partial charge in [0.15, 0.2) is 0 Å². The van der Waals surface area contributed by atoms with E-state index < -0.39 is 23.5 Å². The lowest BCUT2D eigenvalue weighted by Gasteiger charge is -2.31. The number of fused-ring (bicyclic) bond motifs is 1. The predicted octanol–water partition coefficient (Wildman–Crippen LogP) is 3.53. The van der Waals surface area contributed by atoms with Crippen LogP contribution < -0.4 is 32.7 Å². The van der Waals surface area contributed by atoms with Crippen LogP contribution in [-0.2, 0) is 27.2 Å². The average molecular weight is 663 g/mol. The van der Waals surface area contributed by atoms with Crippen molar-refractivity contribution in [1.29, 1.82) is 0 Å². The average Bonchev–Trinajstić information content (AvgIpc) is 3.02. The zero-order valence-corrected chi connectivity index (χ0v) is 29.4. The van der Waals surface area contributed by atoms with Gasteiger partial charge in [-0.15, -0.1) is 0 Å². The molecule has 0 spiro atoms. The molecule has 3 aromatic carbocycles. The summed E-state index contributed by atoms with van der Waals surface area (Å²) in [5.41, 5.74) is 13.2. The van der Waals surface area contributed by atoms with Crippen molar-refractivity contribution in [3.8, 4) is 0 Å². The van der Waals surface area contributed by atoms with Crippen LogP contribution in [0.15, 0.2) is 72.8 Å². The molecule has 0 fully saturated rings. The van der Waals surface area contributed by atoms with Crippen LogP contribution in [-0.4, -0.2) is 72.5 Å². The number of benzene rings is 3. The van der Waals surface area contributed by atoms with Crippen molar-refractivity contribution in [3.05, 3.63) is 83.9 Å². The Morgan fingerprint density at radius 3 is 2.15 bits per heavy atom. The molecule has 256 valence electrons. The van der Waals surface area contributed by atoms with Crippen molar-refractivity contribution in [2.75, 3.05) is 25.1 Å². The van der Waals surface area contributed by atoms with Gasteiger partial charge in [-0.1, -0.05) is 86.6 Å². The van der Waals surface area contributed by atoms with E-state index >= 15 is 0 Å². The quantitative estimate of drug-likeness (QED) is 0.108. The van der Waals surface area contributed by atoms with Crippen molar-refractivity contribution in [3.63, 3.8) is 0 Å². The van der Waals surface area contributed by atoms with Crippen molar-refractivity contribution >= 4 is 40.3 Å². The molecule has 3 rings (SSSR count). The van der Waals surface area contributed by atoms with Gasteiger partial charge in [0, 0.05) is 25.2 Å². The second kappa shape index (κ2) is 18.8. The summed E-state index contributed by atoms with van der Waals surface area (Å²) in [6.07, 6.45) is 4.41. The smallest absolute Gasteiger partial charge is 0.245 e. The topological polar surface area (TPSA) is 151 Å². The van der Waals surface area contributed by atoms with E-state index in [-0.39, 0.29) is 29.8 Å². The lowest BCUT2D eigenvalue weighted by molar-refractivity contribution is -0.133. The highest BCUT2D eigenvalue weighted by Gasteiger charge is 2.33. The van der Waals surface area contributed by atoms with Gasteiger partial charge in [-0.05, 0) is 79.4 Å². The molecule has 4 atom stereocenters. The molecule has 10 heteroatoms. The number of thioether (sulfide) groups is 1. The summed E-state index contributed by atoms with van der Waals surface area (Å²) >= 11 is 1.66. The third-order valence-corrected chi connectivity index (χ3v) is 8.83. The second-order valence-corrected chi connectivity index (χ2v) is 14.3. The number of nitrogens with one attached hydrogen (secondary N) is 4. The fraction of sp³-hybridized carbons (Fsp3) is 0.486. The third-order valence-electron chi connectivity index (χ3n) is 8.19. The largest absolute Gasteiger partial charge is 0.368 e. The summed E-state index contributed by atoms with van der Waals surface area (Å²) in [6.45, 7) is 8.27. The van der Waals surface area contributed by atoms with Crippen molar-refractivity contribution in [1.82, 2.24) is 21.3 Å². The Labute approximate surface area is 284 Å². The molecular formula is C37H54N6O3S. The summed E-state index contributed by atoms with van der Waals surface area (Å²) in [5, 5.41) is 15.1. The maximum Gasteiger partial charge on any atom is 0.245 e. The van der Waals surface area contributed by atoms with Gasteiger partial charge in [0.05, 0.1) is 12.1 Å². The van der Waals surface area contributed by atoms with Crippen LogP contribution in [0.4, 0.5) is 0 Å². The molecule has 0 aliphatic heterocycles. The zero-order valence-electron chi connectivity index (χ0n) is 28.6. The summed E-state index contributed by atoms with van der Waals surface area (Å²) in [7, 11) is 0. The van der Waals surface area contributed by atoms with Crippen LogP contribution in [0.1, 0.15) is 51.7 Å². The van der Waals surface area contributed by atoms with Gasteiger partial charge >= 0.3 is 0 Å². The van der Waals surface area contributed by atoms with E-state index in [0.717, 1.165) is 16.9 Å².